The summed E-state index contributed by atoms with van der Waals surface area (Å²) in [6, 6.07) is 3.47. The number of piperidine rings is 1. The number of rotatable bonds is 5. The van der Waals surface area contributed by atoms with Gasteiger partial charge in [0, 0.05) is 24.9 Å². The Kier molecular flexibility index (Phi) is 5.20. The second-order valence-electron chi connectivity index (χ2n) is 5.83. The fraction of sp³-hybridized carbons (Fsp3) is 0.412. The van der Waals surface area contributed by atoms with Gasteiger partial charge < -0.3 is 15.1 Å². The summed E-state index contributed by atoms with van der Waals surface area (Å²) in [4.78, 5) is 16.0. The molecule has 0 spiro atoms. The first-order chi connectivity index (χ1) is 11.6. The Balaban J connectivity index is 1.55. The zero-order valence-corrected chi connectivity index (χ0v) is 13.1. The first-order valence-corrected chi connectivity index (χ1v) is 8.02. The molecule has 128 valence electrons. The number of benzene rings is 1. The van der Waals surface area contributed by atoms with Gasteiger partial charge in [-0.15, -0.1) is 0 Å². The molecular weight excluding hydrogens is 316 g/mol. The van der Waals surface area contributed by atoms with Gasteiger partial charge in [-0.2, -0.15) is 0 Å². The van der Waals surface area contributed by atoms with Crippen LogP contribution in [-0.4, -0.2) is 30.0 Å². The van der Waals surface area contributed by atoms with E-state index in [0.29, 0.717) is 12.3 Å². The molecule has 0 atom stereocenters. The number of nitrogens with zero attached hydrogens (tertiary/aromatic N) is 1. The van der Waals surface area contributed by atoms with E-state index >= 15 is 0 Å². The van der Waals surface area contributed by atoms with Crippen LogP contribution < -0.4 is 10.6 Å². The van der Waals surface area contributed by atoms with Crippen LogP contribution in [-0.2, 0) is 11.2 Å². The highest BCUT2D eigenvalue weighted by Crippen LogP contribution is 2.24. The average Bonchev–Trinajstić information content (AvgIpc) is 3.02. The smallest absolute Gasteiger partial charge is 0.220 e. The number of carbonyl (C=O) groups is 1. The van der Waals surface area contributed by atoms with Crippen LogP contribution in [0.2, 0.25) is 0 Å². The lowest BCUT2D eigenvalue weighted by Crippen LogP contribution is -2.42. The molecule has 0 saturated carbocycles. The molecule has 0 unspecified atom stereocenters. The molecule has 2 heterocycles. The van der Waals surface area contributed by atoms with E-state index in [0.717, 1.165) is 38.1 Å². The molecule has 1 saturated heterocycles. The van der Waals surface area contributed by atoms with Gasteiger partial charge in [-0.25, -0.2) is 13.8 Å². The van der Waals surface area contributed by atoms with Gasteiger partial charge >= 0.3 is 0 Å². The number of oxazole rings is 1. The molecule has 1 aliphatic heterocycles. The summed E-state index contributed by atoms with van der Waals surface area (Å²) < 4.78 is 32.1. The Morgan fingerprint density at radius 2 is 2.12 bits per heavy atom. The molecular formula is C17H19F2N3O2. The molecule has 5 nitrogen and oxygen atoms in total. The van der Waals surface area contributed by atoms with Crippen molar-refractivity contribution < 1.29 is 18.0 Å². The first-order valence-electron chi connectivity index (χ1n) is 8.02. The van der Waals surface area contributed by atoms with E-state index < -0.39 is 11.6 Å². The van der Waals surface area contributed by atoms with E-state index in [-0.39, 0.29) is 29.7 Å². The topological polar surface area (TPSA) is 67.2 Å². The molecule has 0 aliphatic carbocycles. The maximum absolute atomic E-state index is 13.7. The Hall–Kier alpha value is -2.28. The summed E-state index contributed by atoms with van der Waals surface area (Å²) in [5, 5.41) is 6.23. The Labute approximate surface area is 138 Å². The molecule has 3 rings (SSSR count). The van der Waals surface area contributed by atoms with Gasteiger partial charge in [0.25, 0.3) is 0 Å². The van der Waals surface area contributed by atoms with Crippen LogP contribution >= 0.6 is 0 Å². The molecule has 1 amide bonds. The minimum absolute atomic E-state index is 0.0467. The van der Waals surface area contributed by atoms with Crippen LogP contribution in [0.25, 0.3) is 11.3 Å². The second-order valence-corrected chi connectivity index (χ2v) is 5.83. The third kappa shape index (κ3) is 4.17. The highest BCUT2D eigenvalue weighted by atomic mass is 19.1. The van der Waals surface area contributed by atoms with Crippen molar-refractivity contribution >= 4 is 5.91 Å². The lowest BCUT2D eigenvalue weighted by atomic mass is 10.1. The minimum Gasteiger partial charge on any atom is -0.441 e. The van der Waals surface area contributed by atoms with E-state index in [1.165, 1.54) is 12.3 Å². The maximum Gasteiger partial charge on any atom is 0.220 e. The third-order valence-electron chi connectivity index (χ3n) is 4.02. The molecule has 0 bridgehead atoms. The quantitative estimate of drug-likeness (QED) is 0.881. The lowest BCUT2D eigenvalue weighted by Gasteiger charge is -2.23. The number of hydrogen-bond acceptors (Lipinski definition) is 4. The summed E-state index contributed by atoms with van der Waals surface area (Å²) in [6.45, 7) is 1.83. The number of aromatic nitrogens is 1. The van der Waals surface area contributed by atoms with Crippen molar-refractivity contribution in [2.45, 2.75) is 31.7 Å². The molecule has 1 aromatic carbocycles. The number of carbonyl (C=O) groups excluding carboxylic acids is 1. The number of aryl methyl sites for hydroxylation is 1. The summed E-state index contributed by atoms with van der Waals surface area (Å²) in [6.07, 6.45) is 3.84. The van der Waals surface area contributed by atoms with Crippen LogP contribution in [0.3, 0.4) is 0 Å². The first kappa shape index (κ1) is 16.6. The monoisotopic (exact) mass is 335 g/mol. The summed E-state index contributed by atoms with van der Waals surface area (Å²) >= 11 is 0. The lowest BCUT2D eigenvalue weighted by molar-refractivity contribution is -0.122. The number of hydrogen-bond donors (Lipinski definition) is 2. The van der Waals surface area contributed by atoms with E-state index in [2.05, 4.69) is 15.6 Å². The number of amides is 1. The Bertz CT molecular complexity index is 712. The van der Waals surface area contributed by atoms with Crippen LogP contribution in [0.15, 0.2) is 28.8 Å². The van der Waals surface area contributed by atoms with Crippen molar-refractivity contribution in [3.05, 3.63) is 41.9 Å². The molecule has 7 heteroatoms. The number of halogens is 2. The predicted octanol–water partition coefficient (Wildman–Crippen LogP) is 2.42. The Morgan fingerprint density at radius 1 is 1.33 bits per heavy atom. The van der Waals surface area contributed by atoms with Crippen molar-refractivity contribution in [2.75, 3.05) is 13.1 Å². The summed E-state index contributed by atoms with van der Waals surface area (Å²) in [5.74, 6) is -0.822. The van der Waals surface area contributed by atoms with Crippen molar-refractivity contribution in [2.24, 2.45) is 0 Å². The standard InChI is InChI=1S/C17H19F2N3O2/c18-11-1-2-13(14(19)9-11)15-10-21-17(24-15)4-3-16(23)22-12-5-7-20-8-6-12/h1-2,9-10,12,20H,3-8H2,(H,22,23). The van der Waals surface area contributed by atoms with Crippen LogP contribution in [0, 0.1) is 11.6 Å². The van der Waals surface area contributed by atoms with Gasteiger partial charge in [-0.1, -0.05) is 0 Å². The maximum atomic E-state index is 13.7. The molecule has 2 aromatic rings. The van der Waals surface area contributed by atoms with Crippen LogP contribution in [0.5, 0.6) is 0 Å². The SMILES string of the molecule is O=C(CCc1ncc(-c2ccc(F)cc2F)o1)NC1CCNCC1. The normalized spacial score (nSPS) is 15.4. The van der Waals surface area contributed by atoms with Gasteiger partial charge in [0.1, 0.15) is 11.6 Å². The molecule has 24 heavy (non-hydrogen) atoms. The minimum atomic E-state index is -0.707. The van der Waals surface area contributed by atoms with Crippen molar-refractivity contribution in [1.29, 1.82) is 0 Å². The van der Waals surface area contributed by atoms with Gasteiger partial charge in [0.05, 0.1) is 11.8 Å². The van der Waals surface area contributed by atoms with Crippen molar-refractivity contribution in [1.82, 2.24) is 15.6 Å². The zero-order valence-electron chi connectivity index (χ0n) is 13.1. The van der Waals surface area contributed by atoms with Crippen LogP contribution in [0.4, 0.5) is 8.78 Å². The zero-order chi connectivity index (χ0) is 16.9. The average molecular weight is 335 g/mol. The van der Waals surface area contributed by atoms with Gasteiger partial charge in [0.15, 0.2) is 11.7 Å². The molecule has 1 aromatic heterocycles. The van der Waals surface area contributed by atoms with E-state index in [9.17, 15) is 13.6 Å². The highest BCUT2D eigenvalue weighted by molar-refractivity contribution is 5.76. The summed E-state index contributed by atoms with van der Waals surface area (Å²) in [5.41, 5.74) is 0.148. The van der Waals surface area contributed by atoms with Crippen molar-refractivity contribution in [3.63, 3.8) is 0 Å². The second kappa shape index (κ2) is 7.53. The molecule has 2 N–H and O–H groups in total. The predicted molar refractivity (Wildman–Crippen MR) is 84.2 cm³/mol. The van der Waals surface area contributed by atoms with Gasteiger partial charge in [-0.3, -0.25) is 4.79 Å². The van der Waals surface area contributed by atoms with Crippen LogP contribution in [0.1, 0.15) is 25.2 Å². The summed E-state index contributed by atoms with van der Waals surface area (Å²) in [7, 11) is 0. The highest BCUT2D eigenvalue weighted by Gasteiger charge is 2.16. The molecule has 1 fully saturated rings. The number of nitrogens with one attached hydrogen (secondary N) is 2. The molecule has 0 radical (unpaired) electrons. The van der Waals surface area contributed by atoms with Crippen molar-refractivity contribution in [3.8, 4) is 11.3 Å². The van der Waals surface area contributed by atoms with E-state index in [1.54, 1.807) is 0 Å². The third-order valence-corrected chi connectivity index (χ3v) is 4.02. The fourth-order valence-electron chi connectivity index (χ4n) is 2.73. The van der Waals surface area contributed by atoms with E-state index in [4.69, 9.17) is 4.42 Å². The van der Waals surface area contributed by atoms with Gasteiger partial charge in [0.2, 0.25) is 5.91 Å². The van der Waals surface area contributed by atoms with E-state index in [1.807, 2.05) is 0 Å². The largest absolute Gasteiger partial charge is 0.441 e. The Morgan fingerprint density at radius 3 is 2.88 bits per heavy atom. The fourth-order valence-corrected chi connectivity index (χ4v) is 2.73. The molecule has 1 aliphatic rings. The van der Waals surface area contributed by atoms with Gasteiger partial charge in [-0.05, 0) is 38.1 Å².